The summed E-state index contributed by atoms with van der Waals surface area (Å²) in [7, 11) is 1.55. The van der Waals surface area contributed by atoms with Gasteiger partial charge in [0.1, 0.15) is 11.8 Å². The van der Waals surface area contributed by atoms with Crippen LogP contribution in [0, 0.1) is 28.1 Å². The molecule has 0 bridgehead atoms. The number of hydrogen-bond acceptors (Lipinski definition) is 7. The molecule has 1 aliphatic rings. The van der Waals surface area contributed by atoms with Crippen molar-refractivity contribution in [3.8, 4) is 40.4 Å². The van der Waals surface area contributed by atoms with Gasteiger partial charge >= 0.3 is 0 Å². The summed E-state index contributed by atoms with van der Waals surface area (Å²) < 4.78 is 7.05. The molecule has 4 aromatic rings. The Morgan fingerprint density at radius 3 is 2.72 bits per heavy atom. The Hall–Kier alpha value is -4.30. The van der Waals surface area contributed by atoms with Gasteiger partial charge in [0, 0.05) is 52.7 Å². The molecule has 5 rings (SSSR count). The van der Waals surface area contributed by atoms with Crippen molar-refractivity contribution in [3.05, 3.63) is 54.5 Å². The zero-order chi connectivity index (χ0) is 22.1. The highest BCUT2D eigenvalue weighted by Gasteiger charge is 2.43. The van der Waals surface area contributed by atoms with Gasteiger partial charge in [-0.05, 0) is 31.0 Å². The van der Waals surface area contributed by atoms with Crippen LogP contribution in [0.4, 0.5) is 0 Å². The summed E-state index contributed by atoms with van der Waals surface area (Å²) in [5, 5.41) is 32.2. The molecule has 0 radical (unpaired) electrons. The zero-order valence-corrected chi connectivity index (χ0v) is 17.5. The number of rotatable bonds is 6. The fraction of sp³-hybridized carbons (Fsp3) is 0.250. The van der Waals surface area contributed by atoms with E-state index in [4.69, 9.17) is 10.00 Å². The Kier molecular flexibility index (Phi) is 4.76. The first kappa shape index (κ1) is 19.7. The Morgan fingerprint density at radius 2 is 1.97 bits per heavy atom. The van der Waals surface area contributed by atoms with Gasteiger partial charge in [0.2, 0.25) is 5.88 Å². The fourth-order valence-electron chi connectivity index (χ4n) is 3.91. The lowest BCUT2D eigenvalue weighted by molar-refractivity contribution is 0.393. The van der Waals surface area contributed by atoms with Gasteiger partial charge in [0.25, 0.3) is 0 Å². The number of nitriles is 2. The minimum Gasteiger partial charge on any atom is -0.480 e. The highest BCUT2D eigenvalue weighted by molar-refractivity contribution is 5.88. The summed E-state index contributed by atoms with van der Waals surface area (Å²) in [5.41, 5.74) is 4.40. The molecule has 1 aliphatic carbocycles. The van der Waals surface area contributed by atoms with Crippen LogP contribution in [0.3, 0.4) is 0 Å². The van der Waals surface area contributed by atoms with E-state index in [9.17, 15) is 5.26 Å². The van der Waals surface area contributed by atoms with Crippen molar-refractivity contribution >= 4 is 10.9 Å². The molecule has 0 aliphatic heterocycles. The van der Waals surface area contributed by atoms with Crippen LogP contribution in [-0.4, -0.2) is 32.1 Å². The molecule has 0 N–H and O–H groups in total. The largest absolute Gasteiger partial charge is 0.480 e. The van der Waals surface area contributed by atoms with Crippen LogP contribution in [0.15, 0.2) is 48.8 Å². The van der Waals surface area contributed by atoms with Crippen LogP contribution in [0.25, 0.3) is 33.3 Å². The van der Waals surface area contributed by atoms with E-state index >= 15 is 0 Å². The topological polar surface area (TPSA) is 113 Å². The molecule has 0 unspecified atom stereocenters. The first-order valence-electron chi connectivity index (χ1n) is 10.3. The second-order valence-electron chi connectivity index (χ2n) is 8.13. The minimum absolute atomic E-state index is 0.0574. The minimum atomic E-state index is 0.0574. The molecule has 1 fully saturated rings. The lowest BCUT2D eigenvalue weighted by Crippen LogP contribution is -2.11. The molecule has 8 heteroatoms. The summed E-state index contributed by atoms with van der Waals surface area (Å²) >= 11 is 0. The first-order valence-corrected chi connectivity index (χ1v) is 10.3. The van der Waals surface area contributed by atoms with Crippen molar-refractivity contribution in [2.45, 2.75) is 25.8 Å². The molecular weight excluding hydrogens is 402 g/mol. The molecule has 8 nitrogen and oxygen atoms in total. The van der Waals surface area contributed by atoms with Gasteiger partial charge in [-0.25, -0.2) is 4.98 Å². The first-order chi connectivity index (χ1) is 15.6. The Bertz CT molecular complexity index is 1410. The summed E-state index contributed by atoms with van der Waals surface area (Å²) in [6.07, 6.45) is 6.45. The van der Waals surface area contributed by atoms with E-state index in [0.29, 0.717) is 29.2 Å². The standard InChI is InChI=1S/C24H19N7O/c1-32-22-11-16-2-3-17(10-21(16)29-30-22)23-20(5-4-19(12-26)28-23)18-13-27-31(14-18)15-24(6-7-24)8-9-25/h2-5,10-11,13-14H,6-8,15H2,1H3. The van der Waals surface area contributed by atoms with Crippen molar-refractivity contribution in [1.82, 2.24) is 25.0 Å². The predicted molar refractivity (Wildman–Crippen MR) is 117 cm³/mol. The number of hydrogen-bond donors (Lipinski definition) is 0. The quantitative estimate of drug-likeness (QED) is 0.460. The second kappa shape index (κ2) is 7.75. The molecule has 1 saturated carbocycles. The highest BCUT2D eigenvalue weighted by atomic mass is 16.5. The van der Waals surface area contributed by atoms with Crippen LogP contribution in [-0.2, 0) is 6.54 Å². The number of ether oxygens (including phenoxy) is 1. The lowest BCUT2D eigenvalue weighted by Gasteiger charge is -2.11. The molecule has 0 amide bonds. The lowest BCUT2D eigenvalue weighted by atomic mass is 10.00. The van der Waals surface area contributed by atoms with E-state index in [1.807, 2.05) is 41.2 Å². The third-order valence-electron chi connectivity index (χ3n) is 5.91. The van der Waals surface area contributed by atoms with Crippen molar-refractivity contribution in [2.75, 3.05) is 7.11 Å². The van der Waals surface area contributed by atoms with E-state index in [-0.39, 0.29) is 5.41 Å². The maximum Gasteiger partial charge on any atom is 0.233 e. The predicted octanol–water partition coefficient (Wildman–Crippen LogP) is 4.13. The van der Waals surface area contributed by atoms with Gasteiger partial charge in [0.15, 0.2) is 0 Å². The van der Waals surface area contributed by atoms with Crippen molar-refractivity contribution < 1.29 is 4.74 Å². The molecule has 156 valence electrons. The van der Waals surface area contributed by atoms with Gasteiger partial charge in [-0.15, -0.1) is 10.2 Å². The number of fused-ring (bicyclic) bond motifs is 1. The van der Waals surface area contributed by atoms with Crippen LogP contribution >= 0.6 is 0 Å². The summed E-state index contributed by atoms with van der Waals surface area (Å²) in [4.78, 5) is 4.59. The molecule has 32 heavy (non-hydrogen) atoms. The third kappa shape index (κ3) is 3.63. The number of aromatic nitrogens is 5. The van der Waals surface area contributed by atoms with Crippen molar-refractivity contribution in [3.63, 3.8) is 0 Å². The van der Waals surface area contributed by atoms with Crippen LogP contribution in [0.5, 0.6) is 5.88 Å². The van der Waals surface area contributed by atoms with Gasteiger partial charge in [-0.3, -0.25) is 4.68 Å². The van der Waals surface area contributed by atoms with E-state index in [0.717, 1.165) is 41.5 Å². The summed E-state index contributed by atoms with van der Waals surface area (Å²) in [6, 6.07) is 15.6. The molecule has 0 saturated heterocycles. The molecule has 0 spiro atoms. The second-order valence-corrected chi connectivity index (χ2v) is 8.13. The van der Waals surface area contributed by atoms with Crippen molar-refractivity contribution in [1.29, 1.82) is 10.5 Å². The smallest absolute Gasteiger partial charge is 0.233 e. The van der Waals surface area contributed by atoms with E-state index in [2.05, 4.69) is 32.4 Å². The third-order valence-corrected chi connectivity index (χ3v) is 5.91. The van der Waals surface area contributed by atoms with Crippen LogP contribution in [0.1, 0.15) is 25.0 Å². The average Bonchev–Trinajstić information content (AvgIpc) is 3.43. The van der Waals surface area contributed by atoms with Gasteiger partial charge < -0.3 is 4.74 Å². The maximum absolute atomic E-state index is 9.40. The molecule has 3 heterocycles. The van der Waals surface area contributed by atoms with Gasteiger partial charge in [0.05, 0.1) is 30.6 Å². The normalized spacial score (nSPS) is 14.0. The summed E-state index contributed by atoms with van der Waals surface area (Å²) in [6.45, 7) is 0.729. The van der Waals surface area contributed by atoms with Crippen molar-refractivity contribution in [2.24, 2.45) is 5.41 Å². The van der Waals surface area contributed by atoms with Gasteiger partial charge in [-0.1, -0.05) is 12.1 Å². The Morgan fingerprint density at radius 1 is 1.09 bits per heavy atom. The number of benzene rings is 1. The van der Waals surface area contributed by atoms with E-state index in [1.165, 1.54) is 0 Å². The molecule has 0 atom stereocenters. The number of nitrogens with zero attached hydrogens (tertiary/aromatic N) is 7. The zero-order valence-electron chi connectivity index (χ0n) is 17.5. The number of pyridine rings is 1. The van der Waals surface area contributed by atoms with Crippen LogP contribution < -0.4 is 4.74 Å². The number of methoxy groups -OCH3 is 1. The Balaban J connectivity index is 1.55. The van der Waals surface area contributed by atoms with E-state index < -0.39 is 0 Å². The highest BCUT2D eigenvalue weighted by Crippen LogP contribution is 2.50. The SMILES string of the molecule is COc1cc2ccc(-c3nc(C#N)ccc3-c3cnn(CC4(CC#N)CC4)c3)cc2nn1. The Labute approximate surface area is 184 Å². The van der Waals surface area contributed by atoms with Crippen LogP contribution in [0.2, 0.25) is 0 Å². The molecule has 1 aromatic carbocycles. The summed E-state index contributed by atoms with van der Waals surface area (Å²) in [5.74, 6) is 0.452. The fourth-order valence-corrected chi connectivity index (χ4v) is 3.91. The van der Waals surface area contributed by atoms with E-state index in [1.54, 1.807) is 19.4 Å². The monoisotopic (exact) mass is 421 g/mol. The molecule has 3 aromatic heterocycles. The maximum atomic E-state index is 9.40. The van der Waals surface area contributed by atoms with Gasteiger partial charge in [-0.2, -0.15) is 15.6 Å². The average molecular weight is 421 g/mol. The molecular formula is C24H19N7O.